The zero-order chi connectivity index (χ0) is 14.3. The molecule has 104 valence electrons. The molecule has 1 aliphatic heterocycles. The molecule has 0 bridgehead atoms. The minimum absolute atomic E-state index is 0.00927. The molecular weight excluding hydrogens is 270 g/mol. The van der Waals surface area contributed by atoms with Crippen LogP contribution in [0.15, 0.2) is 18.2 Å². The maximum atomic E-state index is 11.8. The summed E-state index contributed by atoms with van der Waals surface area (Å²) in [6, 6.07) is 6.47. The van der Waals surface area contributed by atoms with Crippen molar-refractivity contribution in [2.24, 2.45) is 0 Å². The molecule has 0 saturated heterocycles. The lowest BCUT2D eigenvalue weighted by Crippen LogP contribution is -2.12. The van der Waals surface area contributed by atoms with Crippen LogP contribution in [0.2, 0.25) is 0 Å². The van der Waals surface area contributed by atoms with E-state index < -0.39 is 0 Å². The molecule has 1 atom stereocenters. The highest BCUT2D eigenvalue weighted by Gasteiger charge is 2.28. The van der Waals surface area contributed by atoms with Gasteiger partial charge in [0.2, 0.25) is 5.91 Å². The van der Waals surface area contributed by atoms with E-state index >= 15 is 0 Å². The van der Waals surface area contributed by atoms with E-state index in [1.54, 1.807) is 11.8 Å². The molecule has 0 aliphatic carbocycles. The van der Waals surface area contributed by atoms with Crippen LogP contribution >= 0.6 is 11.8 Å². The van der Waals surface area contributed by atoms with Crippen molar-refractivity contribution >= 4 is 23.5 Å². The summed E-state index contributed by atoms with van der Waals surface area (Å²) in [5.74, 6) is 1.13. The second-order valence-electron chi connectivity index (χ2n) is 5.21. The quantitative estimate of drug-likeness (QED) is 0.847. The van der Waals surface area contributed by atoms with Crippen LogP contribution in [0.4, 0.5) is 5.82 Å². The molecule has 5 heteroatoms. The maximum Gasteiger partial charge on any atom is 0.235 e. The molecule has 1 aromatic heterocycles. The number of carbonyl (C=O) groups excluding carboxylic acids is 1. The second-order valence-corrected chi connectivity index (χ2v) is 6.30. The highest BCUT2D eigenvalue weighted by atomic mass is 32.2. The number of fused-ring (bicyclic) bond motifs is 1. The fourth-order valence-electron chi connectivity index (χ4n) is 2.63. The Hall–Kier alpha value is -1.75. The van der Waals surface area contributed by atoms with Crippen molar-refractivity contribution in [3.8, 4) is 0 Å². The number of amides is 1. The summed E-state index contributed by atoms with van der Waals surface area (Å²) < 4.78 is 0. The standard InChI is InChI=1S/C15H17N3OS/c1-8-4-5-11(9(2)6-8)14-13-10(3)17-18-15(13)16-12(19)7-20-14/h4-6,14H,7H2,1-3H3,(H2,16,17,18,19). The van der Waals surface area contributed by atoms with E-state index in [4.69, 9.17) is 0 Å². The number of hydrogen-bond donors (Lipinski definition) is 2. The summed E-state index contributed by atoms with van der Waals surface area (Å²) in [6.07, 6.45) is 0. The average Bonchev–Trinajstić information content (AvgIpc) is 2.65. The molecule has 1 aromatic carbocycles. The van der Waals surface area contributed by atoms with Gasteiger partial charge in [-0.2, -0.15) is 5.10 Å². The fraction of sp³-hybridized carbons (Fsp3) is 0.333. The Bertz CT molecular complexity index is 678. The van der Waals surface area contributed by atoms with Gasteiger partial charge in [0.1, 0.15) is 0 Å². The first-order valence-electron chi connectivity index (χ1n) is 6.59. The number of aromatic amines is 1. The van der Waals surface area contributed by atoms with E-state index in [9.17, 15) is 4.79 Å². The van der Waals surface area contributed by atoms with Crippen molar-refractivity contribution in [2.75, 3.05) is 11.1 Å². The van der Waals surface area contributed by atoms with E-state index in [1.165, 1.54) is 16.7 Å². The third-order valence-electron chi connectivity index (χ3n) is 3.60. The number of benzene rings is 1. The molecule has 3 rings (SSSR count). The topological polar surface area (TPSA) is 57.8 Å². The number of aromatic nitrogens is 2. The Labute approximate surface area is 122 Å². The lowest BCUT2D eigenvalue weighted by Gasteiger charge is -2.18. The number of rotatable bonds is 1. The Kier molecular flexibility index (Phi) is 3.30. The summed E-state index contributed by atoms with van der Waals surface area (Å²) in [4.78, 5) is 11.8. The highest BCUT2D eigenvalue weighted by molar-refractivity contribution is 8.00. The first-order valence-corrected chi connectivity index (χ1v) is 7.64. The van der Waals surface area contributed by atoms with Gasteiger partial charge in [0, 0.05) is 11.3 Å². The van der Waals surface area contributed by atoms with E-state index in [1.807, 2.05) is 6.92 Å². The molecule has 0 fully saturated rings. The molecule has 2 N–H and O–H groups in total. The van der Waals surface area contributed by atoms with E-state index in [0.717, 1.165) is 11.3 Å². The number of nitrogens with zero attached hydrogens (tertiary/aromatic N) is 1. The van der Waals surface area contributed by atoms with Crippen LogP contribution in [-0.2, 0) is 4.79 Å². The van der Waals surface area contributed by atoms with Crippen LogP contribution in [-0.4, -0.2) is 21.9 Å². The first kappa shape index (κ1) is 13.2. The largest absolute Gasteiger partial charge is 0.308 e. The molecule has 1 unspecified atom stereocenters. The SMILES string of the molecule is Cc1ccc(C2SCC(=O)Nc3n[nH]c(C)c32)c(C)c1. The average molecular weight is 287 g/mol. The molecule has 1 amide bonds. The zero-order valence-corrected chi connectivity index (χ0v) is 12.6. The highest BCUT2D eigenvalue weighted by Crippen LogP contribution is 2.43. The van der Waals surface area contributed by atoms with Crippen molar-refractivity contribution in [1.29, 1.82) is 0 Å². The number of hydrogen-bond acceptors (Lipinski definition) is 3. The van der Waals surface area contributed by atoms with Crippen LogP contribution in [0.25, 0.3) is 0 Å². The fourth-order valence-corrected chi connectivity index (χ4v) is 3.92. The van der Waals surface area contributed by atoms with Crippen LogP contribution in [0, 0.1) is 20.8 Å². The smallest absolute Gasteiger partial charge is 0.235 e. The van der Waals surface area contributed by atoms with E-state index in [0.29, 0.717) is 11.6 Å². The summed E-state index contributed by atoms with van der Waals surface area (Å²) in [7, 11) is 0. The van der Waals surface area contributed by atoms with Crippen molar-refractivity contribution in [3.63, 3.8) is 0 Å². The van der Waals surface area contributed by atoms with Crippen LogP contribution in [0.1, 0.15) is 33.2 Å². The molecule has 20 heavy (non-hydrogen) atoms. The normalized spacial score (nSPS) is 18.4. The minimum Gasteiger partial charge on any atom is -0.308 e. The maximum absolute atomic E-state index is 11.8. The third-order valence-corrected chi connectivity index (χ3v) is 4.86. The van der Waals surface area contributed by atoms with Gasteiger partial charge >= 0.3 is 0 Å². The van der Waals surface area contributed by atoms with Gasteiger partial charge in [0.15, 0.2) is 5.82 Å². The molecule has 1 aliphatic rings. The van der Waals surface area contributed by atoms with Crippen molar-refractivity contribution in [3.05, 3.63) is 46.1 Å². The number of H-pyrrole nitrogens is 1. The summed E-state index contributed by atoms with van der Waals surface area (Å²) in [5, 5.41) is 10.2. The molecule has 2 aromatic rings. The predicted octanol–water partition coefficient (Wildman–Crippen LogP) is 3.11. The van der Waals surface area contributed by atoms with Gasteiger partial charge in [0.25, 0.3) is 0 Å². The van der Waals surface area contributed by atoms with Crippen molar-refractivity contribution < 1.29 is 4.79 Å². The second kappa shape index (κ2) is 4.98. The Morgan fingerprint density at radius 2 is 2.10 bits per heavy atom. The zero-order valence-electron chi connectivity index (χ0n) is 11.8. The third kappa shape index (κ3) is 2.22. The summed E-state index contributed by atoms with van der Waals surface area (Å²) in [6.45, 7) is 6.22. The van der Waals surface area contributed by atoms with Crippen molar-refractivity contribution in [2.45, 2.75) is 26.0 Å². The van der Waals surface area contributed by atoms with Gasteiger partial charge in [0.05, 0.1) is 11.0 Å². The van der Waals surface area contributed by atoms with Crippen LogP contribution in [0.5, 0.6) is 0 Å². The van der Waals surface area contributed by atoms with Crippen LogP contribution in [0.3, 0.4) is 0 Å². The molecular formula is C15H17N3OS. The monoisotopic (exact) mass is 287 g/mol. The van der Waals surface area contributed by atoms with Crippen molar-refractivity contribution in [1.82, 2.24) is 10.2 Å². The Morgan fingerprint density at radius 1 is 1.30 bits per heavy atom. The number of nitrogens with one attached hydrogen (secondary N) is 2. The van der Waals surface area contributed by atoms with Gasteiger partial charge in [-0.3, -0.25) is 9.89 Å². The molecule has 0 spiro atoms. The molecule has 2 heterocycles. The molecule has 4 nitrogen and oxygen atoms in total. The lowest BCUT2D eigenvalue weighted by molar-refractivity contribution is -0.113. The Morgan fingerprint density at radius 3 is 2.85 bits per heavy atom. The minimum atomic E-state index is 0.00927. The van der Waals surface area contributed by atoms with Gasteiger partial charge in [-0.05, 0) is 31.9 Å². The molecule has 0 radical (unpaired) electrons. The van der Waals surface area contributed by atoms with Gasteiger partial charge in [-0.15, -0.1) is 11.8 Å². The van der Waals surface area contributed by atoms with Gasteiger partial charge in [-0.25, -0.2) is 0 Å². The van der Waals surface area contributed by atoms with E-state index in [-0.39, 0.29) is 11.2 Å². The number of thioether (sulfide) groups is 1. The molecule has 0 saturated carbocycles. The number of aryl methyl sites for hydroxylation is 3. The van der Waals surface area contributed by atoms with Gasteiger partial charge in [-0.1, -0.05) is 23.8 Å². The number of anilines is 1. The van der Waals surface area contributed by atoms with Crippen LogP contribution < -0.4 is 5.32 Å². The summed E-state index contributed by atoms with van der Waals surface area (Å²) >= 11 is 1.65. The number of carbonyl (C=O) groups is 1. The predicted molar refractivity (Wildman–Crippen MR) is 82.2 cm³/mol. The first-order chi connectivity index (χ1) is 9.56. The lowest BCUT2D eigenvalue weighted by atomic mass is 9.98. The van der Waals surface area contributed by atoms with Gasteiger partial charge < -0.3 is 5.32 Å². The van der Waals surface area contributed by atoms with E-state index in [2.05, 4.69) is 47.6 Å². The Balaban J connectivity index is 2.13. The summed E-state index contributed by atoms with van der Waals surface area (Å²) in [5.41, 5.74) is 5.86.